The molecule has 0 spiro atoms. The lowest BCUT2D eigenvalue weighted by Crippen LogP contribution is -1.84. The summed E-state index contributed by atoms with van der Waals surface area (Å²) in [5.41, 5.74) is 2.49. The Morgan fingerprint density at radius 3 is 2.52 bits per heavy atom. The maximum atomic E-state index is 9.84. The average molecular weight is 277 g/mol. The molecule has 1 heterocycles. The summed E-state index contributed by atoms with van der Waals surface area (Å²) in [6.45, 7) is 0. The van der Waals surface area contributed by atoms with Crippen LogP contribution < -0.4 is 4.74 Å². The van der Waals surface area contributed by atoms with E-state index < -0.39 is 0 Å². The fourth-order valence-electron chi connectivity index (χ4n) is 2.14. The lowest BCUT2D eigenvalue weighted by atomic mass is 10.1. The fourth-order valence-corrected chi connectivity index (χ4v) is 2.14. The highest BCUT2D eigenvalue weighted by molar-refractivity contribution is 5.85. The summed E-state index contributed by atoms with van der Waals surface area (Å²) >= 11 is 0. The summed E-state index contributed by atoms with van der Waals surface area (Å²) in [5, 5.41) is 10.8. The van der Waals surface area contributed by atoms with E-state index in [-0.39, 0.29) is 5.75 Å². The van der Waals surface area contributed by atoms with Crippen molar-refractivity contribution in [3.05, 3.63) is 65.9 Å². The molecule has 0 aliphatic heterocycles. The number of phenols is 1. The molecule has 21 heavy (non-hydrogen) atoms. The molecule has 1 aromatic heterocycles. The van der Waals surface area contributed by atoms with Gasteiger partial charge in [-0.1, -0.05) is 36.4 Å². The van der Waals surface area contributed by atoms with Gasteiger partial charge in [-0.05, 0) is 35.9 Å². The molecule has 0 aliphatic rings. The highest BCUT2D eigenvalue weighted by Crippen LogP contribution is 2.23. The lowest BCUT2D eigenvalue weighted by Gasteiger charge is -2.01. The molecule has 0 aliphatic carbocycles. The number of ether oxygens (including phenoxy) is 1. The zero-order valence-corrected chi connectivity index (χ0v) is 11.7. The molecule has 0 bridgehead atoms. The van der Waals surface area contributed by atoms with Gasteiger partial charge >= 0.3 is 0 Å². The zero-order valence-electron chi connectivity index (χ0n) is 11.7. The van der Waals surface area contributed by atoms with Gasteiger partial charge in [0.1, 0.15) is 17.0 Å². The van der Waals surface area contributed by atoms with Crippen molar-refractivity contribution in [3.8, 4) is 11.5 Å². The zero-order chi connectivity index (χ0) is 14.7. The Bertz CT molecular complexity index is 792. The first-order valence-electron chi connectivity index (χ1n) is 6.67. The largest absolute Gasteiger partial charge is 0.506 e. The maximum absolute atomic E-state index is 9.84. The van der Waals surface area contributed by atoms with Crippen LogP contribution in [0.5, 0.6) is 11.5 Å². The number of hydrogen-bond donors (Lipinski definition) is 1. The lowest BCUT2D eigenvalue weighted by molar-refractivity contribution is 0.415. The van der Waals surface area contributed by atoms with Gasteiger partial charge in [0, 0.05) is 5.39 Å². The first-order chi connectivity index (χ1) is 10.3. The molecule has 0 atom stereocenters. The minimum absolute atomic E-state index is 0.201. The predicted octanol–water partition coefficient (Wildman–Crippen LogP) is 4.12. The van der Waals surface area contributed by atoms with Crippen molar-refractivity contribution in [2.24, 2.45) is 0 Å². The highest BCUT2D eigenvalue weighted by atomic mass is 16.5. The summed E-state index contributed by atoms with van der Waals surface area (Å²) in [7, 11) is 1.65. The third kappa shape index (κ3) is 2.87. The molecule has 3 heteroatoms. The normalized spacial score (nSPS) is 11.1. The Balaban J connectivity index is 1.89. The Hall–Kier alpha value is -2.81. The maximum Gasteiger partial charge on any atom is 0.141 e. The number of rotatable bonds is 3. The van der Waals surface area contributed by atoms with Crippen molar-refractivity contribution >= 4 is 23.1 Å². The molecule has 3 rings (SSSR count). The molecule has 1 N–H and O–H groups in total. The molecule has 2 aromatic carbocycles. The van der Waals surface area contributed by atoms with Crippen LogP contribution in [0, 0.1) is 0 Å². The number of aromatic hydroxyl groups is 1. The molecule has 0 radical (unpaired) electrons. The number of methoxy groups -OCH3 is 1. The second-order valence-corrected chi connectivity index (χ2v) is 4.69. The topological polar surface area (TPSA) is 42.4 Å². The first-order valence-corrected chi connectivity index (χ1v) is 6.67. The molecule has 104 valence electrons. The van der Waals surface area contributed by atoms with Gasteiger partial charge in [0.2, 0.25) is 0 Å². The van der Waals surface area contributed by atoms with Crippen molar-refractivity contribution in [2.75, 3.05) is 7.11 Å². The number of fused-ring (bicyclic) bond motifs is 1. The fraction of sp³-hybridized carbons (Fsp3) is 0.0556. The van der Waals surface area contributed by atoms with E-state index in [1.165, 1.54) is 0 Å². The van der Waals surface area contributed by atoms with Gasteiger partial charge in [0.25, 0.3) is 0 Å². The van der Waals surface area contributed by atoms with E-state index in [1.54, 1.807) is 13.2 Å². The molecular formula is C18H15NO2. The summed E-state index contributed by atoms with van der Waals surface area (Å²) < 4.78 is 5.13. The van der Waals surface area contributed by atoms with Crippen molar-refractivity contribution < 1.29 is 9.84 Å². The van der Waals surface area contributed by atoms with Crippen molar-refractivity contribution in [1.29, 1.82) is 0 Å². The molecule has 0 fully saturated rings. The number of nitrogens with zero attached hydrogens (tertiary/aromatic N) is 1. The van der Waals surface area contributed by atoms with Crippen molar-refractivity contribution in [2.45, 2.75) is 0 Å². The van der Waals surface area contributed by atoms with E-state index in [4.69, 9.17) is 4.74 Å². The minimum atomic E-state index is 0.201. The van der Waals surface area contributed by atoms with Crippen molar-refractivity contribution in [3.63, 3.8) is 0 Å². The Morgan fingerprint density at radius 2 is 1.76 bits per heavy atom. The van der Waals surface area contributed by atoms with E-state index in [0.29, 0.717) is 5.52 Å². The third-order valence-corrected chi connectivity index (χ3v) is 3.28. The third-order valence-electron chi connectivity index (χ3n) is 3.28. The first kappa shape index (κ1) is 13.2. The van der Waals surface area contributed by atoms with E-state index in [9.17, 15) is 5.11 Å². The molecule has 0 saturated carbocycles. The van der Waals surface area contributed by atoms with Crippen LogP contribution in [0.25, 0.3) is 23.1 Å². The van der Waals surface area contributed by atoms with Crippen LogP contribution >= 0.6 is 0 Å². The number of phenolic OH excluding ortho intramolecular Hbond substituents is 1. The molecule has 0 amide bonds. The van der Waals surface area contributed by atoms with E-state index in [2.05, 4.69) is 4.98 Å². The summed E-state index contributed by atoms with van der Waals surface area (Å²) in [6, 6.07) is 17.1. The summed E-state index contributed by atoms with van der Waals surface area (Å²) in [6.07, 6.45) is 3.90. The number of pyridine rings is 1. The SMILES string of the molecule is COc1ccc(C=Cc2ccc3cccc(O)c3n2)cc1. The van der Waals surface area contributed by atoms with Gasteiger partial charge in [0.15, 0.2) is 0 Å². The Kier molecular flexibility index (Phi) is 3.56. The quantitative estimate of drug-likeness (QED) is 0.783. The van der Waals surface area contributed by atoms with Crippen LogP contribution in [0.2, 0.25) is 0 Å². The Labute approximate surface area is 123 Å². The molecule has 3 nitrogen and oxygen atoms in total. The second kappa shape index (κ2) is 5.67. The van der Waals surface area contributed by atoms with E-state index in [0.717, 1.165) is 22.4 Å². The van der Waals surface area contributed by atoms with Crippen LogP contribution in [0.1, 0.15) is 11.3 Å². The number of para-hydroxylation sites is 1. The summed E-state index contributed by atoms with van der Waals surface area (Å²) in [5.74, 6) is 1.04. The van der Waals surface area contributed by atoms with Gasteiger partial charge in [0.05, 0.1) is 12.8 Å². The van der Waals surface area contributed by atoms with Gasteiger partial charge in [-0.25, -0.2) is 4.98 Å². The second-order valence-electron chi connectivity index (χ2n) is 4.69. The van der Waals surface area contributed by atoms with Gasteiger partial charge < -0.3 is 9.84 Å². The monoisotopic (exact) mass is 277 g/mol. The standard InChI is InChI=1S/C18H15NO2/c1-21-16-11-6-13(7-12-16)5-9-15-10-8-14-3-2-4-17(20)18(14)19-15/h2-12,20H,1H3. The summed E-state index contributed by atoms with van der Waals surface area (Å²) in [4.78, 5) is 4.46. The smallest absolute Gasteiger partial charge is 0.141 e. The highest BCUT2D eigenvalue weighted by Gasteiger charge is 2.00. The van der Waals surface area contributed by atoms with Gasteiger partial charge in [-0.3, -0.25) is 0 Å². The number of benzene rings is 2. The van der Waals surface area contributed by atoms with Crippen molar-refractivity contribution in [1.82, 2.24) is 4.98 Å². The van der Waals surface area contributed by atoms with Crippen LogP contribution in [0.15, 0.2) is 54.6 Å². The van der Waals surface area contributed by atoms with E-state index >= 15 is 0 Å². The van der Waals surface area contributed by atoms with Crippen LogP contribution in [0.4, 0.5) is 0 Å². The molecule has 3 aromatic rings. The number of aromatic nitrogens is 1. The van der Waals surface area contributed by atoms with E-state index in [1.807, 2.05) is 60.7 Å². The van der Waals surface area contributed by atoms with Crippen LogP contribution in [-0.4, -0.2) is 17.2 Å². The predicted molar refractivity (Wildman–Crippen MR) is 85.3 cm³/mol. The Morgan fingerprint density at radius 1 is 0.952 bits per heavy atom. The average Bonchev–Trinajstić information content (AvgIpc) is 2.54. The minimum Gasteiger partial charge on any atom is -0.506 e. The van der Waals surface area contributed by atoms with Crippen LogP contribution in [0.3, 0.4) is 0 Å². The van der Waals surface area contributed by atoms with Crippen LogP contribution in [-0.2, 0) is 0 Å². The van der Waals surface area contributed by atoms with Gasteiger partial charge in [-0.2, -0.15) is 0 Å². The molecular weight excluding hydrogens is 262 g/mol. The molecule has 0 unspecified atom stereocenters. The molecule has 0 saturated heterocycles. The number of hydrogen-bond acceptors (Lipinski definition) is 3. The van der Waals surface area contributed by atoms with Gasteiger partial charge in [-0.15, -0.1) is 0 Å².